The summed E-state index contributed by atoms with van der Waals surface area (Å²) in [6.45, 7) is 2.47. The van der Waals surface area contributed by atoms with Crippen molar-refractivity contribution in [1.82, 2.24) is 10.6 Å². The van der Waals surface area contributed by atoms with Crippen LogP contribution in [-0.4, -0.2) is 31.6 Å². The highest BCUT2D eigenvalue weighted by atomic mass is 16.2. The van der Waals surface area contributed by atoms with Crippen LogP contribution in [0.5, 0.6) is 0 Å². The van der Waals surface area contributed by atoms with Crippen LogP contribution >= 0.6 is 0 Å². The van der Waals surface area contributed by atoms with E-state index in [0.29, 0.717) is 18.4 Å². The molecule has 3 fully saturated rings. The van der Waals surface area contributed by atoms with E-state index in [-0.39, 0.29) is 17.4 Å². The summed E-state index contributed by atoms with van der Waals surface area (Å²) in [4.78, 5) is 12.7. The van der Waals surface area contributed by atoms with E-state index in [1.807, 2.05) is 0 Å². The number of hydrogen-bond acceptors (Lipinski definition) is 3. The third kappa shape index (κ3) is 2.05. The fourth-order valence-corrected chi connectivity index (χ4v) is 3.87. The molecule has 3 atom stereocenters. The summed E-state index contributed by atoms with van der Waals surface area (Å²) in [5, 5.41) is 6.69. The predicted molar refractivity (Wildman–Crippen MR) is 71.0 cm³/mol. The summed E-state index contributed by atoms with van der Waals surface area (Å²) in [7, 11) is 0. The maximum atomic E-state index is 12.7. The lowest BCUT2D eigenvalue weighted by molar-refractivity contribution is -0.134. The zero-order valence-electron chi connectivity index (χ0n) is 11.1. The molecule has 0 aromatic heterocycles. The maximum Gasteiger partial charge on any atom is 0.228 e. The summed E-state index contributed by atoms with van der Waals surface area (Å²) in [6, 6.07) is 0.218. The Balaban J connectivity index is 1.69. The van der Waals surface area contributed by atoms with Gasteiger partial charge in [-0.2, -0.15) is 0 Å². The standard InChI is InChI=1S/C14H25N3O/c15-7-12(10-4-5-10)17-13(18)14-6-2-1-3-11(14)8-16-9-14/h10-12,16H,1-9,15H2,(H,17,18)/t11-,12?,14+/m0/s1. The summed E-state index contributed by atoms with van der Waals surface area (Å²) in [6.07, 6.45) is 7.20. The van der Waals surface area contributed by atoms with Crippen molar-refractivity contribution >= 4 is 5.91 Å². The normalized spacial score (nSPS) is 37.1. The van der Waals surface area contributed by atoms with Crippen LogP contribution in [0.25, 0.3) is 0 Å². The van der Waals surface area contributed by atoms with E-state index >= 15 is 0 Å². The molecule has 2 aliphatic carbocycles. The fraction of sp³-hybridized carbons (Fsp3) is 0.929. The molecule has 4 heteroatoms. The Morgan fingerprint density at radius 3 is 2.94 bits per heavy atom. The molecule has 2 saturated carbocycles. The van der Waals surface area contributed by atoms with Crippen molar-refractivity contribution in [3.63, 3.8) is 0 Å². The van der Waals surface area contributed by atoms with E-state index < -0.39 is 0 Å². The first-order valence-corrected chi connectivity index (χ1v) is 7.48. The summed E-state index contributed by atoms with van der Waals surface area (Å²) < 4.78 is 0. The molecule has 102 valence electrons. The van der Waals surface area contributed by atoms with Crippen LogP contribution in [0, 0.1) is 17.3 Å². The lowest BCUT2D eigenvalue weighted by Crippen LogP contribution is -2.53. The molecule has 1 saturated heterocycles. The van der Waals surface area contributed by atoms with Gasteiger partial charge in [0.25, 0.3) is 0 Å². The lowest BCUT2D eigenvalue weighted by Gasteiger charge is -2.38. The van der Waals surface area contributed by atoms with Gasteiger partial charge in [0.1, 0.15) is 0 Å². The molecule has 1 aliphatic heterocycles. The van der Waals surface area contributed by atoms with Gasteiger partial charge in [0.15, 0.2) is 0 Å². The number of rotatable bonds is 4. The highest BCUT2D eigenvalue weighted by Gasteiger charge is 2.50. The third-order valence-corrected chi connectivity index (χ3v) is 5.25. The SMILES string of the molecule is NCC(NC(=O)[C@@]12CCCC[C@H]1CNC2)C1CC1. The van der Waals surface area contributed by atoms with E-state index in [0.717, 1.165) is 19.5 Å². The minimum Gasteiger partial charge on any atom is -0.351 e. The topological polar surface area (TPSA) is 67.1 Å². The molecule has 4 nitrogen and oxygen atoms in total. The smallest absolute Gasteiger partial charge is 0.228 e. The molecule has 0 aromatic carbocycles. The van der Waals surface area contributed by atoms with Gasteiger partial charge in [0.05, 0.1) is 5.41 Å². The lowest BCUT2D eigenvalue weighted by atomic mass is 9.67. The Bertz CT molecular complexity index is 329. The van der Waals surface area contributed by atoms with Crippen LogP contribution in [0.15, 0.2) is 0 Å². The number of carbonyl (C=O) groups excluding carboxylic acids is 1. The Hall–Kier alpha value is -0.610. The number of hydrogen-bond donors (Lipinski definition) is 3. The molecular weight excluding hydrogens is 226 g/mol. The van der Waals surface area contributed by atoms with E-state index in [4.69, 9.17) is 5.73 Å². The van der Waals surface area contributed by atoms with Gasteiger partial charge in [-0.05, 0) is 44.1 Å². The molecule has 18 heavy (non-hydrogen) atoms. The van der Waals surface area contributed by atoms with Crippen molar-refractivity contribution in [2.75, 3.05) is 19.6 Å². The number of nitrogens with two attached hydrogens (primary N) is 1. The molecule has 0 spiro atoms. The second-order valence-corrected chi connectivity index (χ2v) is 6.38. The largest absolute Gasteiger partial charge is 0.351 e. The molecule has 0 bridgehead atoms. The zero-order valence-corrected chi connectivity index (χ0v) is 11.1. The first kappa shape index (κ1) is 12.4. The average Bonchev–Trinajstić information content (AvgIpc) is 3.13. The van der Waals surface area contributed by atoms with Crippen LogP contribution in [0.1, 0.15) is 38.5 Å². The Kier molecular flexibility index (Phi) is 3.32. The molecule has 3 aliphatic rings. The zero-order chi connectivity index (χ0) is 12.6. The summed E-state index contributed by atoms with van der Waals surface area (Å²) in [5.74, 6) is 1.47. The molecule has 3 rings (SSSR count). The van der Waals surface area contributed by atoms with Crippen molar-refractivity contribution in [3.05, 3.63) is 0 Å². The van der Waals surface area contributed by atoms with E-state index in [9.17, 15) is 4.79 Å². The maximum absolute atomic E-state index is 12.7. The number of carbonyl (C=O) groups is 1. The van der Waals surface area contributed by atoms with Crippen molar-refractivity contribution < 1.29 is 4.79 Å². The van der Waals surface area contributed by atoms with Crippen molar-refractivity contribution in [3.8, 4) is 0 Å². The average molecular weight is 251 g/mol. The quantitative estimate of drug-likeness (QED) is 0.686. The number of amides is 1. The fourth-order valence-electron chi connectivity index (χ4n) is 3.87. The minimum atomic E-state index is -0.124. The monoisotopic (exact) mass is 251 g/mol. The minimum absolute atomic E-state index is 0.124. The van der Waals surface area contributed by atoms with Gasteiger partial charge in [0.2, 0.25) is 5.91 Å². The van der Waals surface area contributed by atoms with Gasteiger partial charge >= 0.3 is 0 Å². The van der Waals surface area contributed by atoms with Crippen LogP contribution in [0.3, 0.4) is 0 Å². The molecular formula is C14H25N3O. The molecule has 1 unspecified atom stereocenters. The highest BCUT2D eigenvalue weighted by molar-refractivity contribution is 5.84. The second-order valence-electron chi connectivity index (χ2n) is 6.38. The number of fused-ring (bicyclic) bond motifs is 1. The number of nitrogens with one attached hydrogen (secondary N) is 2. The van der Waals surface area contributed by atoms with Gasteiger partial charge in [-0.1, -0.05) is 12.8 Å². The van der Waals surface area contributed by atoms with Crippen molar-refractivity contribution in [2.24, 2.45) is 23.0 Å². The van der Waals surface area contributed by atoms with Crippen LogP contribution in [0.4, 0.5) is 0 Å². The highest BCUT2D eigenvalue weighted by Crippen LogP contribution is 2.44. The molecule has 1 amide bonds. The molecule has 0 aromatic rings. The molecule has 4 N–H and O–H groups in total. The van der Waals surface area contributed by atoms with Crippen LogP contribution in [-0.2, 0) is 4.79 Å². The van der Waals surface area contributed by atoms with Crippen molar-refractivity contribution in [2.45, 2.75) is 44.6 Å². The van der Waals surface area contributed by atoms with Crippen molar-refractivity contribution in [1.29, 1.82) is 0 Å². The third-order valence-electron chi connectivity index (χ3n) is 5.25. The first-order valence-electron chi connectivity index (χ1n) is 7.48. The van der Waals surface area contributed by atoms with Gasteiger partial charge in [-0.15, -0.1) is 0 Å². The summed E-state index contributed by atoms with van der Waals surface area (Å²) in [5.41, 5.74) is 5.67. The Labute approximate surface area is 109 Å². The van der Waals surface area contributed by atoms with Crippen LogP contribution in [0.2, 0.25) is 0 Å². The predicted octanol–water partition coefficient (Wildman–Crippen LogP) is 0.620. The van der Waals surface area contributed by atoms with Gasteiger partial charge in [-0.3, -0.25) is 4.79 Å². The molecule has 0 radical (unpaired) electrons. The van der Waals surface area contributed by atoms with Gasteiger partial charge in [-0.25, -0.2) is 0 Å². The Morgan fingerprint density at radius 1 is 1.39 bits per heavy atom. The van der Waals surface area contributed by atoms with E-state index in [1.54, 1.807) is 0 Å². The van der Waals surface area contributed by atoms with Gasteiger partial charge < -0.3 is 16.4 Å². The Morgan fingerprint density at radius 2 is 2.22 bits per heavy atom. The second kappa shape index (κ2) is 4.82. The van der Waals surface area contributed by atoms with Gasteiger partial charge in [0, 0.05) is 19.1 Å². The summed E-state index contributed by atoms with van der Waals surface area (Å²) >= 11 is 0. The molecule has 1 heterocycles. The van der Waals surface area contributed by atoms with E-state index in [2.05, 4.69) is 10.6 Å². The van der Waals surface area contributed by atoms with E-state index in [1.165, 1.54) is 32.1 Å². The first-order chi connectivity index (χ1) is 8.76. The van der Waals surface area contributed by atoms with Crippen LogP contribution < -0.4 is 16.4 Å².